The number of halogens is 1. The molecule has 26 heavy (non-hydrogen) atoms. The zero-order chi connectivity index (χ0) is 17.9. The smallest absolute Gasteiger partial charge is 0.123 e. The van der Waals surface area contributed by atoms with Crippen LogP contribution in [0, 0.1) is 5.82 Å². The summed E-state index contributed by atoms with van der Waals surface area (Å²) in [5, 5.41) is 0. The van der Waals surface area contributed by atoms with Crippen molar-refractivity contribution in [1.29, 1.82) is 0 Å². The zero-order valence-corrected chi connectivity index (χ0v) is 14.4. The molecule has 1 aliphatic heterocycles. The van der Waals surface area contributed by atoms with Crippen molar-refractivity contribution in [2.24, 2.45) is 5.73 Å². The van der Waals surface area contributed by atoms with Crippen LogP contribution in [0.25, 0.3) is 11.1 Å². The lowest BCUT2D eigenvalue weighted by molar-refractivity contribution is 0.144. The summed E-state index contributed by atoms with van der Waals surface area (Å²) in [5.41, 5.74) is 10.7. The monoisotopic (exact) mass is 348 g/mol. The molecule has 3 nitrogen and oxygen atoms in total. The molecule has 0 amide bonds. The van der Waals surface area contributed by atoms with Gasteiger partial charge < -0.3 is 10.5 Å². The van der Waals surface area contributed by atoms with Gasteiger partial charge in [-0.3, -0.25) is 4.98 Å². The van der Waals surface area contributed by atoms with E-state index in [2.05, 4.69) is 17.1 Å². The topological polar surface area (TPSA) is 48.1 Å². The van der Waals surface area contributed by atoms with E-state index in [1.54, 1.807) is 18.3 Å². The number of ether oxygens (including phenoxy) is 1. The summed E-state index contributed by atoms with van der Waals surface area (Å²) in [7, 11) is 0. The van der Waals surface area contributed by atoms with Gasteiger partial charge in [0.05, 0.1) is 0 Å². The number of fused-ring (bicyclic) bond motifs is 1. The van der Waals surface area contributed by atoms with Crippen LogP contribution in [0.5, 0.6) is 5.75 Å². The minimum Gasteiger partial charge on any atom is -0.489 e. The maximum absolute atomic E-state index is 13.1. The maximum atomic E-state index is 13.1. The van der Waals surface area contributed by atoms with Crippen LogP contribution < -0.4 is 10.5 Å². The third-order valence-electron chi connectivity index (χ3n) is 4.87. The summed E-state index contributed by atoms with van der Waals surface area (Å²) in [6.07, 6.45) is 6.22. The van der Waals surface area contributed by atoms with Gasteiger partial charge in [-0.2, -0.15) is 0 Å². The van der Waals surface area contributed by atoms with E-state index in [-0.39, 0.29) is 18.0 Å². The van der Waals surface area contributed by atoms with Gasteiger partial charge in [0.15, 0.2) is 0 Å². The Morgan fingerprint density at radius 1 is 1.08 bits per heavy atom. The number of hydrogen-bond acceptors (Lipinski definition) is 3. The Hall–Kier alpha value is -2.72. The Morgan fingerprint density at radius 2 is 1.88 bits per heavy atom. The van der Waals surface area contributed by atoms with E-state index in [1.165, 1.54) is 17.7 Å². The van der Waals surface area contributed by atoms with Gasteiger partial charge in [-0.15, -0.1) is 0 Å². The number of nitrogens with zero attached hydrogens (tertiary/aromatic N) is 1. The van der Waals surface area contributed by atoms with Crippen LogP contribution >= 0.6 is 0 Å². The molecule has 3 aromatic rings. The van der Waals surface area contributed by atoms with Crippen molar-refractivity contribution in [3.8, 4) is 16.9 Å². The molecule has 4 rings (SSSR count). The minimum absolute atomic E-state index is 0.000577. The maximum Gasteiger partial charge on any atom is 0.123 e. The summed E-state index contributed by atoms with van der Waals surface area (Å²) in [4.78, 5) is 4.33. The summed E-state index contributed by atoms with van der Waals surface area (Å²) in [5.74, 6) is 0.701. The molecule has 0 spiro atoms. The Kier molecular flexibility index (Phi) is 4.67. The molecular weight excluding hydrogens is 327 g/mol. The highest BCUT2D eigenvalue weighted by molar-refractivity contribution is 5.62. The van der Waals surface area contributed by atoms with Crippen LogP contribution in [0.3, 0.4) is 0 Å². The number of aromatic nitrogens is 1. The number of para-hydroxylation sites is 1. The minimum atomic E-state index is -0.241. The van der Waals surface area contributed by atoms with Gasteiger partial charge in [-0.05, 0) is 60.2 Å². The third kappa shape index (κ3) is 3.60. The fourth-order valence-corrected chi connectivity index (χ4v) is 3.45. The highest BCUT2D eigenvalue weighted by Gasteiger charge is 2.25. The predicted molar refractivity (Wildman–Crippen MR) is 100 cm³/mol. The largest absolute Gasteiger partial charge is 0.489 e. The average Bonchev–Trinajstić information content (AvgIpc) is 2.68. The molecule has 2 atom stereocenters. The van der Waals surface area contributed by atoms with Gasteiger partial charge in [-0.1, -0.05) is 30.3 Å². The van der Waals surface area contributed by atoms with Crippen LogP contribution in [-0.4, -0.2) is 17.1 Å². The van der Waals surface area contributed by atoms with Gasteiger partial charge in [0.25, 0.3) is 0 Å². The van der Waals surface area contributed by atoms with E-state index in [9.17, 15) is 4.39 Å². The van der Waals surface area contributed by atoms with Crippen molar-refractivity contribution < 1.29 is 9.13 Å². The Labute approximate surface area is 152 Å². The van der Waals surface area contributed by atoms with E-state index in [0.29, 0.717) is 6.42 Å². The molecule has 0 saturated heterocycles. The van der Waals surface area contributed by atoms with Crippen molar-refractivity contribution in [2.75, 3.05) is 0 Å². The Bertz CT molecular complexity index is 895. The molecule has 0 fully saturated rings. The van der Waals surface area contributed by atoms with E-state index < -0.39 is 0 Å². The summed E-state index contributed by atoms with van der Waals surface area (Å²) < 4.78 is 19.2. The lowest BCUT2D eigenvalue weighted by atomic mass is 9.94. The first-order chi connectivity index (χ1) is 12.7. The molecule has 2 heterocycles. The number of rotatable bonds is 4. The summed E-state index contributed by atoms with van der Waals surface area (Å²) in [6.45, 7) is 0. The average molecular weight is 348 g/mol. The normalized spacial score (nSPS) is 17.2. The van der Waals surface area contributed by atoms with Gasteiger partial charge in [0.2, 0.25) is 0 Å². The SMILES string of the molecule is NC(Cc1cncc(-c2ccc(F)cc2)c1)[C@H]1CCc2ccccc2O1. The predicted octanol–water partition coefficient (Wildman–Crippen LogP) is 4.15. The van der Waals surface area contributed by atoms with E-state index in [1.807, 2.05) is 24.4 Å². The van der Waals surface area contributed by atoms with Gasteiger partial charge >= 0.3 is 0 Å². The van der Waals surface area contributed by atoms with Crippen molar-refractivity contribution in [2.45, 2.75) is 31.4 Å². The second-order valence-electron chi connectivity index (χ2n) is 6.76. The zero-order valence-electron chi connectivity index (χ0n) is 14.4. The fraction of sp³-hybridized carbons (Fsp3) is 0.227. The summed E-state index contributed by atoms with van der Waals surface area (Å²) in [6, 6.07) is 16.5. The number of aryl methyl sites for hydroxylation is 1. The molecule has 1 unspecified atom stereocenters. The molecule has 0 bridgehead atoms. The number of hydrogen-bond donors (Lipinski definition) is 1. The first kappa shape index (κ1) is 16.7. The lowest BCUT2D eigenvalue weighted by Gasteiger charge is -2.30. The number of benzene rings is 2. The van der Waals surface area contributed by atoms with Crippen molar-refractivity contribution >= 4 is 0 Å². The van der Waals surface area contributed by atoms with Crippen LogP contribution in [-0.2, 0) is 12.8 Å². The second-order valence-corrected chi connectivity index (χ2v) is 6.76. The van der Waals surface area contributed by atoms with E-state index in [0.717, 1.165) is 35.3 Å². The van der Waals surface area contributed by atoms with Gasteiger partial charge in [0, 0.05) is 24.0 Å². The highest BCUT2D eigenvalue weighted by atomic mass is 19.1. The molecule has 4 heteroatoms. The first-order valence-corrected chi connectivity index (χ1v) is 8.89. The van der Waals surface area contributed by atoms with Crippen LogP contribution in [0.1, 0.15) is 17.5 Å². The molecule has 0 saturated carbocycles. The van der Waals surface area contributed by atoms with E-state index >= 15 is 0 Å². The lowest BCUT2D eigenvalue weighted by Crippen LogP contribution is -2.42. The molecule has 0 radical (unpaired) electrons. The van der Waals surface area contributed by atoms with Gasteiger partial charge in [0.1, 0.15) is 17.7 Å². The standard InChI is InChI=1S/C22H21FN2O/c23-19-8-5-16(6-9-19)18-11-15(13-25-14-18)12-20(24)22-10-7-17-3-1-2-4-21(17)26-22/h1-6,8-9,11,13-14,20,22H,7,10,12,24H2/t20?,22-/m1/s1. The molecule has 2 N–H and O–H groups in total. The quantitative estimate of drug-likeness (QED) is 0.770. The van der Waals surface area contributed by atoms with Crippen LogP contribution in [0.4, 0.5) is 4.39 Å². The molecule has 2 aromatic carbocycles. The highest BCUT2D eigenvalue weighted by Crippen LogP contribution is 2.29. The van der Waals surface area contributed by atoms with Crippen LogP contribution in [0.2, 0.25) is 0 Å². The molecule has 132 valence electrons. The van der Waals surface area contributed by atoms with Crippen molar-refractivity contribution in [3.63, 3.8) is 0 Å². The Morgan fingerprint density at radius 3 is 2.73 bits per heavy atom. The van der Waals surface area contributed by atoms with E-state index in [4.69, 9.17) is 10.5 Å². The molecule has 1 aliphatic rings. The van der Waals surface area contributed by atoms with Gasteiger partial charge in [-0.25, -0.2) is 4.39 Å². The Balaban J connectivity index is 1.47. The number of nitrogens with two attached hydrogens (primary N) is 1. The fourth-order valence-electron chi connectivity index (χ4n) is 3.45. The molecule has 1 aromatic heterocycles. The van der Waals surface area contributed by atoms with Crippen molar-refractivity contribution in [3.05, 3.63) is 83.9 Å². The first-order valence-electron chi connectivity index (χ1n) is 8.89. The van der Waals surface area contributed by atoms with Crippen LogP contribution in [0.15, 0.2) is 67.0 Å². The second kappa shape index (κ2) is 7.26. The number of pyridine rings is 1. The third-order valence-corrected chi connectivity index (χ3v) is 4.87. The molecular formula is C22H21FN2O. The van der Waals surface area contributed by atoms with Crippen molar-refractivity contribution in [1.82, 2.24) is 4.98 Å². The summed E-state index contributed by atoms with van der Waals surface area (Å²) >= 11 is 0. The molecule has 0 aliphatic carbocycles.